The van der Waals surface area contributed by atoms with Crippen LogP contribution < -0.4 is 0 Å². The van der Waals surface area contributed by atoms with Crippen LogP contribution in [0, 0.1) is 10.1 Å². The first-order valence-electron chi connectivity index (χ1n) is 2.15. The second-order valence-corrected chi connectivity index (χ2v) is 1.08. The third-order valence-electron chi connectivity index (χ3n) is 0.491. The van der Waals surface area contributed by atoms with Crippen LogP contribution in [0.15, 0.2) is 12.2 Å². The Morgan fingerprint density at radius 2 is 2.33 bits per heavy atom. The lowest BCUT2D eigenvalue weighted by Gasteiger charge is -1.86. The van der Waals surface area contributed by atoms with E-state index in [1.54, 1.807) is 0 Å². The summed E-state index contributed by atoms with van der Waals surface area (Å²) >= 11 is 0. The molecule has 5 heteroatoms. The summed E-state index contributed by atoms with van der Waals surface area (Å²) < 4.78 is 0. The van der Waals surface area contributed by atoms with Gasteiger partial charge in [-0.25, -0.2) is 0 Å². The van der Waals surface area contributed by atoms with Crippen LogP contribution in [-0.2, 0) is 9.63 Å². The van der Waals surface area contributed by atoms with Crippen molar-refractivity contribution in [2.45, 2.75) is 0 Å². The molecule has 0 aromatic rings. The molecule has 0 N–H and O–H groups in total. The average Bonchev–Trinajstić information content (AvgIpc) is 1.80. The zero-order chi connectivity index (χ0) is 7.11. The average molecular weight is 131 g/mol. The summed E-state index contributed by atoms with van der Waals surface area (Å²) in [5.74, 6) is 0. The zero-order valence-corrected chi connectivity index (χ0v) is 4.52. The van der Waals surface area contributed by atoms with Crippen molar-refractivity contribution >= 4 is 6.29 Å². The molecule has 0 radical (unpaired) electrons. The first kappa shape index (κ1) is 7.61. The SMILES string of the molecule is O=C/C=C/CO[N+](=O)[O-]. The largest absolute Gasteiger partial charge is 0.310 e. The zero-order valence-electron chi connectivity index (χ0n) is 4.52. The normalized spacial score (nSPS) is 9.33. The van der Waals surface area contributed by atoms with Crippen molar-refractivity contribution in [2.24, 2.45) is 0 Å². The van der Waals surface area contributed by atoms with Gasteiger partial charge >= 0.3 is 0 Å². The van der Waals surface area contributed by atoms with Gasteiger partial charge in [0.15, 0.2) is 0 Å². The summed E-state index contributed by atoms with van der Waals surface area (Å²) in [5, 5.41) is 8.50. The second kappa shape index (κ2) is 4.76. The van der Waals surface area contributed by atoms with E-state index in [0.717, 1.165) is 6.08 Å². The topological polar surface area (TPSA) is 69.4 Å². The molecule has 5 nitrogen and oxygen atoms in total. The van der Waals surface area contributed by atoms with Gasteiger partial charge in [0.25, 0.3) is 5.09 Å². The van der Waals surface area contributed by atoms with E-state index in [1.165, 1.54) is 6.08 Å². The number of allylic oxidation sites excluding steroid dienone is 1. The fraction of sp³-hybridized carbons (Fsp3) is 0.250. The number of carbonyl (C=O) groups is 1. The summed E-state index contributed by atoms with van der Waals surface area (Å²) in [6.45, 7) is -0.175. The molecule has 9 heavy (non-hydrogen) atoms. The van der Waals surface area contributed by atoms with Crippen LogP contribution in [0.4, 0.5) is 0 Å². The highest BCUT2D eigenvalue weighted by molar-refractivity contribution is 5.64. The van der Waals surface area contributed by atoms with Crippen molar-refractivity contribution in [3.05, 3.63) is 22.3 Å². The van der Waals surface area contributed by atoms with Crippen molar-refractivity contribution in [3.8, 4) is 0 Å². The van der Waals surface area contributed by atoms with Crippen LogP contribution in [0.1, 0.15) is 0 Å². The maximum Gasteiger partial charge on any atom is 0.294 e. The molecule has 0 aromatic heterocycles. The Balaban J connectivity index is 3.19. The third kappa shape index (κ3) is 6.61. The lowest BCUT2D eigenvalue weighted by Crippen LogP contribution is -1.99. The number of carbonyl (C=O) groups excluding carboxylic acids is 1. The van der Waals surface area contributed by atoms with Crippen LogP contribution >= 0.6 is 0 Å². The molecule has 0 fully saturated rings. The van der Waals surface area contributed by atoms with E-state index in [9.17, 15) is 14.9 Å². The molecule has 0 aliphatic heterocycles. The highest BCUT2D eigenvalue weighted by Gasteiger charge is 1.86. The summed E-state index contributed by atoms with van der Waals surface area (Å²) in [5.41, 5.74) is 0. The van der Waals surface area contributed by atoms with Gasteiger partial charge in [-0.2, -0.15) is 0 Å². The highest BCUT2D eigenvalue weighted by Crippen LogP contribution is 1.74. The number of hydrogen-bond acceptors (Lipinski definition) is 4. The van der Waals surface area contributed by atoms with Gasteiger partial charge in [-0.05, 0) is 6.08 Å². The Morgan fingerprint density at radius 3 is 2.78 bits per heavy atom. The van der Waals surface area contributed by atoms with Crippen LogP contribution in [0.5, 0.6) is 0 Å². The maximum atomic E-state index is 9.54. The van der Waals surface area contributed by atoms with Crippen LogP contribution in [0.25, 0.3) is 0 Å². The highest BCUT2D eigenvalue weighted by atomic mass is 16.9. The molecule has 0 bridgehead atoms. The molecule has 0 unspecified atom stereocenters. The standard InChI is InChI=1S/C4H5NO4/c6-3-1-2-4-9-5(7)8/h1-3H,4H2/b2-1+. The molecule has 0 heterocycles. The maximum absolute atomic E-state index is 9.54. The Bertz CT molecular complexity index is 131. The summed E-state index contributed by atoms with van der Waals surface area (Å²) in [7, 11) is 0. The predicted octanol–water partition coefficient (Wildman–Crippen LogP) is -0.0502. The first-order chi connectivity index (χ1) is 4.27. The molecule has 0 rings (SSSR count). The second-order valence-electron chi connectivity index (χ2n) is 1.08. The Morgan fingerprint density at radius 1 is 1.67 bits per heavy atom. The molecule has 0 saturated carbocycles. The Labute approximate surface area is 51.0 Å². The third-order valence-corrected chi connectivity index (χ3v) is 0.491. The van der Waals surface area contributed by atoms with Crippen LogP contribution in [-0.4, -0.2) is 18.0 Å². The van der Waals surface area contributed by atoms with Crippen molar-refractivity contribution < 1.29 is 14.7 Å². The smallest absolute Gasteiger partial charge is 0.294 e. The molecule has 0 saturated heterocycles. The van der Waals surface area contributed by atoms with E-state index < -0.39 is 5.09 Å². The van der Waals surface area contributed by atoms with Gasteiger partial charge in [-0.15, -0.1) is 10.1 Å². The van der Waals surface area contributed by atoms with Gasteiger partial charge in [-0.3, -0.25) is 4.79 Å². The fourth-order valence-electron chi connectivity index (χ4n) is 0.215. The number of hydrogen-bond donors (Lipinski definition) is 0. The number of rotatable bonds is 4. The summed E-state index contributed by atoms with van der Waals surface area (Å²) in [6.07, 6.45) is 2.89. The van der Waals surface area contributed by atoms with E-state index in [0.29, 0.717) is 6.29 Å². The van der Waals surface area contributed by atoms with E-state index in [-0.39, 0.29) is 6.61 Å². The van der Waals surface area contributed by atoms with Crippen molar-refractivity contribution in [1.29, 1.82) is 0 Å². The van der Waals surface area contributed by atoms with Gasteiger partial charge in [0, 0.05) is 0 Å². The van der Waals surface area contributed by atoms with Gasteiger partial charge in [0.2, 0.25) is 0 Å². The van der Waals surface area contributed by atoms with E-state index in [4.69, 9.17) is 0 Å². The lowest BCUT2D eigenvalue weighted by molar-refractivity contribution is -0.755. The van der Waals surface area contributed by atoms with E-state index in [2.05, 4.69) is 4.84 Å². The van der Waals surface area contributed by atoms with Gasteiger partial charge in [0.05, 0.1) is 0 Å². The molecule has 50 valence electrons. The minimum absolute atomic E-state index is 0.175. The van der Waals surface area contributed by atoms with Crippen LogP contribution in [0.3, 0.4) is 0 Å². The summed E-state index contributed by atoms with van der Waals surface area (Å²) in [6, 6.07) is 0. The molecule has 0 spiro atoms. The van der Waals surface area contributed by atoms with Gasteiger partial charge in [0.1, 0.15) is 12.9 Å². The fourth-order valence-corrected chi connectivity index (χ4v) is 0.215. The molecule has 0 atom stereocenters. The first-order valence-corrected chi connectivity index (χ1v) is 2.15. The van der Waals surface area contributed by atoms with Gasteiger partial charge < -0.3 is 4.84 Å². The van der Waals surface area contributed by atoms with Crippen molar-refractivity contribution in [1.82, 2.24) is 0 Å². The van der Waals surface area contributed by atoms with Crippen LogP contribution in [0.2, 0.25) is 0 Å². The molecular formula is C4H5NO4. The molecule has 0 aliphatic carbocycles. The Kier molecular flexibility index (Phi) is 4.03. The minimum Gasteiger partial charge on any atom is -0.310 e. The lowest BCUT2D eigenvalue weighted by atomic mass is 10.5. The Hall–Kier alpha value is -1.39. The minimum atomic E-state index is -0.921. The predicted molar refractivity (Wildman–Crippen MR) is 28.2 cm³/mol. The number of nitrogens with zero attached hydrogens (tertiary/aromatic N) is 1. The van der Waals surface area contributed by atoms with Gasteiger partial charge in [-0.1, -0.05) is 6.08 Å². The van der Waals surface area contributed by atoms with E-state index >= 15 is 0 Å². The van der Waals surface area contributed by atoms with Crippen molar-refractivity contribution in [2.75, 3.05) is 6.61 Å². The van der Waals surface area contributed by atoms with E-state index in [1.807, 2.05) is 0 Å². The molecule has 0 aromatic carbocycles. The number of aldehydes is 1. The monoisotopic (exact) mass is 131 g/mol. The molecule has 0 amide bonds. The molecular weight excluding hydrogens is 126 g/mol. The quantitative estimate of drug-likeness (QED) is 0.232. The van der Waals surface area contributed by atoms with Crippen molar-refractivity contribution in [3.63, 3.8) is 0 Å². The summed E-state index contributed by atoms with van der Waals surface area (Å²) in [4.78, 5) is 22.8. The molecule has 0 aliphatic rings.